The minimum absolute atomic E-state index is 0.195. The maximum atomic E-state index is 12.1. The second-order valence-electron chi connectivity index (χ2n) is 14.3. The number of benzene rings is 3. The maximum Gasteiger partial charge on any atom is 0.347 e. The lowest BCUT2D eigenvalue weighted by atomic mass is 9.90. The number of esters is 2. The Morgan fingerprint density at radius 3 is 1.62 bits per heavy atom. The number of rotatable bonds is 17. The molecule has 0 atom stereocenters. The van der Waals surface area contributed by atoms with Crippen LogP contribution in [0.2, 0.25) is 0 Å². The molecule has 0 amide bonds. The number of ether oxygens (including phenoxy) is 4. The molecule has 58 heavy (non-hydrogen) atoms. The van der Waals surface area contributed by atoms with Crippen molar-refractivity contribution in [2.45, 2.75) is 55.2 Å². The SMILES string of the molecule is COC(=O)/C=C/CON=C(c1ccc(SC)cc1)C(C)(C)N1CCOCC1.CSc1ccc(C(=NOCC(=O)OCc2ccccc2)C(C)(C)N2CCOCC2)cc1. The number of morpholine rings is 2. The molecule has 314 valence electrons. The van der Waals surface area contributed by atoms with Crippen LogP contribution < -0.4 is 0 Å². The van der Waals surface area contributed by atoms with Gasteiger partial charge in [-0.05, 0) is 76.1 Å². The highest BCUT2D eigenvalue weighted by Crippen LogP contribution is 2.26. The van der Waals surface area contributed by atoms with Crippen molar-refractivity contribution < 1.29 is 38.2 Å². The fraction of sp³-hybridized carbons (Fsp3) is 0.455. The van der Waals surface area contributed by atoms with Crippen LogP contribution in [0.4, 0.5) is 0 Å². The van der Waals surface area contributed by atoms with Gasteiger partial charge < -0.3 is 28.6 Å². The second-order valence-corrected chi connectivity index (χ2v) is 16.1. The predicted molar refractivity (Wildman–Crippen MR) is 232 cm³/mol. The summed E-state index contributed by atoms with van der Waals surface area (Å²) < 4.78 is 20.8. The molecule has 0 aliphatic carbocycles. The molecule has 0 N–H and O–H groups in total. The van der Waals surface area contributed by atoms with Crippen molar-refractivity contribution in [1.29, 1.82) is 0 Å². The van der Waals surface area contributed by atoms with E-state index in [0.29, 0.717) is 26.4 Å². The highest BCUT2D eigenvalue weighted by atomic mass is 32.2. The number of hydrogen-bond acceptors (Lipinski definition) is 14. The van der Waals surface area contributed by atoms with E-state index in [-0.39, 0.29) is 25.4 Å². The van der Waals surface area contributed by atoms with Crippen LogP contribution in [0.25, 0.3) is 0 Å². The van der Waals surface area contributed by atoms with E-state index in [1.54, 1.807) is 29.6 Å². The quantitative estimate of drug-likeness (QED) is 0.0350. The molecule has 2 heterocycles. The van der Waals surface area contributed by atoms with E-state index in [1.807, 2.05) is 48.7 Å². The number of oxime groups is 2. The van der Waals surface area contributed by atoms with E-state index in [2.05, 4.69) is 95.2 Å². The summed E-state index contributed by atoms with van der Waals surface area (Å²) in [4.78, 5) is 41.3. The van der Waals surface area contributed by atoms with Gasteiger partial charge >= 0.3 is 11.9 Å². The summed E-state index contributed by atoms with van der Waals surface area (Å²) in [5.74, 6) is -0.863. The van der Waals surface area contributed by atoms with Gasteiger partial charge in [0.2, 0.25) is 6.61 Å². The average molecular weight is 835 g/mol. The van der Waals surface area contributed by atoms with Crippen molar-refractivity contribution in [3.05, 3.63) is 108 Å². The molecule has 0 bridgehead atoms. The number of thioether (sulfide) groups is 2. The molecule has 2 fully saturated rings. The average Bonchev–Trinajstić information content (AvgIpc) is 3.26. The molecule has 2 aliphatic rings. The van der Waals surface area contributed by atoms with Crippen molar-refractivity contribution in [3.8, 4) is 0 Å². The Labute approximate surface area is 352 Å². The Morgan fingerprint density at radius 2 is 1.17 bits per heavy atom. The molecule has 0 saturated carbocycles. The summed E-state index contributed by atoms with van der Waals surface area (Å²) in [5, 5.41) is 8.86. The van der Waals surface area contributed by atoms with E-state index in [0.717, 1.165) is 54.3 Å². The van der Waals surface area contributed by atoms with Gasteiger partial charge in [-0.2, -0.15) is 0 Å². The Bertz CT molecular complexity index is 1790. The summed E-state index contributed by atoms with van der Waals surface area (Å²) in [6.45, 7) is 14.8. The Balaban J connectivity index is 0.000000259. The summed E-state index contributed by atoms with van der Waals surface area (Å²) in [5.41, 5.74) is 3.83. The molecular formula is C44H58N4O8S2. The lowest BCUT2D eigenvalue weighted by Gasteiger charge is -2.41. The van der Waals surface area contributed by atoms with Gasteiger partial charge in [0.1, 0.15) is 24.6 Å². The first-order valence-electron chi connectivity index (χ1n) is 19.3. The number of nitrogens with zero attached hydrogens (tertiary/aromatic N) is 4. The number of carbonyl (C=O) groups excluding carboxylic acids is 2. The normalized spacial score (nSPS) is 16.0. The molecule has 0 unspecified atom stereocenters. The molecule has 3 aromatic carbocycles. The molecule has 2 aliphatic heterocycles. The van der Waals surface area contributed by atoms with E-state index in [4.69, 9.17) is 23.9 Å². The number of carbonyl (C=O) groups is 2. The van der Waals surface area contributed by atoms with Gasteiger partial charge in [-0.3, -0.25) is 9.80 Å². The molecule has 3 aromatic rings. The van der Waals surface area contributed by atoms with Crippen LogP contribution in [-0.2, 0) is 44.8 Å². The summed E-state index contributed by atoms with van der Waals surface area (Å²) in [6, 6.07) is 26.1. The van der Waals surface area contributed by atoms with Crippen molar-refractivity contribution >= 4 is 46.9 Å². The van der Waals surface area contributed by atoms with Gasteiger partial charge in [0.25, 0.3) is 0 Å². The first-order chi connectivity index (χ1) is 28.0. The highest BCUT2D eigenvalue weighted by Gasteiger charge is 2.36. The molecule has 12 nitrogen and oxygen atoms in total. The monoisotopic (exact) mass is 834 g/mol. The van der Waals surface area contributed by atoms with Crippen LogP contribution >= 0.6 is 23.5 Å². The van der Waals surface area contributed by atoms with Crippen LogP contribution in [0.1, 0.15) is 44.4 Å². The van der Waals surface area contributed by atoms with Gasteiger partial charge in [-0.15, -0.1) is 23.5 Å². The summed E-state index contributed by atoms with van der Waals surface area (Å²) >= 11 is 3.39. The van der Waals surface area contributed by atoms with E-state index in [9.17, 15) is 9.59 Å². The zero-order valence-corrected chi connectivity index (χ0v) is 36.4. The van der Waals surface area contributed by atoms with E-state index >= 15 is 0 Å². The molecule has 14 heteroatoms. The standard InChI is InChI=1S/C24H30N2O4S.C20H28N2O4S/c1-24(2,26-13-15-28-16-14-26)23(20-9-11-21(31-3)12-10-20)25-30-18-22(27)29-17-19-7-5-4-6-8-19;1-20(2,22-11-14-25-15-12-22)19(16-7-9-17(27-4)10-8-16)21-26-13-5-6-18(23)24-3/h4-12H,13-18H2,1-3H3;5-10H,11-15H2,1-4H3/b;6-5+,21-19?. The number of methoxy groups -OCH3 is 1. The fourth-order valence-corrected chi connectivity index (χ4v) is 7.18. The van der Waals surface area contributed by atoms with Crippen LogP contribution in [0.5, 0.6) is 0 Å². The fourth-order valence-electron chi connectivity index (χ4n) is 6.36. The van der Waals surface area contributed by atoms with Crippen molar-refractivity contribution in [1.82, 2.24) is 9.80 Å². The Hall–Kier alpha value is -4.18. The number of hydrogen-bond donors (Lipinski definition) is 0. The van der Waals surface area contributed by atoms with Crippen LogP contribution in [-0.4, -0.2) is 130 Å². The minimum Gasteiger partial charge on any atom is -0.466 e. The molecule has 0 radical (unpaired) electrons. The molecule has 2 saturated heterocycles. The summed E-state index contributed by atoms with van der Waals surface area (Å²) in [7, 11) is 1.34. The van der Waals surface area contributed by atoms with Crippen molar-refractivity contribution in [2.24, 2.45) is 10.3 Å². The third-order valence-electron chi connectivity index (χ3n) is 9.85. The lowest BCUT2D eigenvalue weighted by Crippen LogP contribution is -2.54. The highest BCUT2D eigenvalue weighted by molar-refractivity contribution is 7.98. The Morgan fingerprint density at radius 1 is 0.707 bits per heavy atom. The van der Waals surface area contributed by atoms with E-state index < -0.39 is 17.5 Å². The van der Waals surface area contributed by atoms with Gasteiger partial charge in [-0.1, -0.05) is 64.9 Å². The molecular weight excluding hydrogens is 777 g/mol. The van der Waals surface area contributed by atoms with Gasteiger partial charge in [-0.25, -0.2) is 9.59 Å². The molecule has 0 spiro atoms. The van der Waals surface area contributed by atoms with Gasteiger partial charge in [0.15, 0.2) is 0 Å². The van der Waals surface area contributed by atoms with Crippen LogP contribution in [0, 0.1) is 0 Å². The zero-order valence-electron chi connectivity index (χ0n) is 34.8. The Kier molecular flexibility index (Phi) is 19.3. The van der Waals surface area contributed by atoms with Crippen molar-refractivity contribution in [2.75, 3.05) is 85.4 Å². The predicted octanol–water partition coefficient (Wildman–Crippen LogP) is 6.95. The third kappa shape index (κ3) is 14.3. The molecule has 5 rings (SSSR count). The first-order valence-corrected chi connectivity index (χ1v) is 21.7. The maximum absolute atomic E-state index is 12.1. The molecule has 0 aromatic heterocycles. The topological polar surface area (TPSA) is 121 Å². The third-order valence-corrected chi connectivity index (χ3v) is 11.3. The van der Waals surface area contributed by atoms with Crippen LogP contribution in [0.15, 0.2) is 111 Å². The van der Waals surface area contributed by atoms with Gasteiger partial charge in [0.05, 0.1) is 44.6 Å². The van der Waals surface area contributed by atoms with Crippen LogP contribution in [0.3, 0.4) is 0 Å². The lowest BCUT2D eigenvalue weighted by molar-refractivity contribution is -0.150. The largest absolute Gasteiger partial charge is 0.466 e. The van der Waals surface area contributed by atoms with Crippen molar-refractivity contribution in [3.63, 3.8) is 0 Å². The van der Waals surface area contributed by atoms with E-state index in [1.165, 1.54) is 23.0 Å². The first kappa shape index (κ1) is 46.5. The minimum atomic E-state index is -0.450. The van der Waals surface area contributed by atoms with Gasteiger partial charge in [0, 0.05) is 53.2 Å². The smallest absolute Gasteiger partial charge is 0.347 e. The second kappa shape index (κ2) is 24.0. The zero-order chi connectivity index (χ0) is 41.8. The summed E-state index contributed by atoms with van der Waals surface area (Å²) in [6.07, 6.45) is 7.02.